The van der Waals surface area contributed by atoms with E-state index >= 15 is 0 Å². The molecule has 8 heteroatoms. The third-order valence-corrected chi connectivity index (χ3v) is 5.60. The Balaban J connectivity index is 1.43. The summed E-state index contributed by atoms with van der Waals surface area (Å²) in [5.41, 5.74) is 2.86. The molecule has 166 valence electrons. The third kappa shape index (κ3) is 4.97. The van der Waals surface area contributed by atoms with Gasteiger partial charge in [-0.1, -0.05) is 12.1 Å². The van der Waals surface area contributed by atoms with E-state index in [1.165, 1.54) is 6.26 Å². The Labute approximate surface area is 187 Å². The molecule has 2 amide bonds. The van der Waals surface area contributed by atoms with E-state index in [0.717, 1.165) is 43.1 Å². The van der Waals surface area contributed by atoms with Crippen molar-refractivity contribution in [3.8, 4) is 0 Å². The fraction of sp³-hybridized carbons (Fsp3) is 0.292. The molecule has 0 saturated carbocycles. The Morgan fingerprint density at radius 1 is 1.06 bits per heavy atom. The SMILES string of the molecule is Cc1ccc(C(=O)NCc2cccnc2N2CCN(C)CC2)cc1NC(=O)c1ccco1. The highest BCUT2D eigenvalue weighted by Crippen LogP contribution is 2.20. The summed E-state index contributed by atoms with van der Waals surface area (Å²) >= 11 is 0. The molecule has 3 aromatic rings. The van der Waals surface area contributed by atoms with Crippen LogP contribution in [-0.2, 0) is 6.54 Å². The molecule has 1 aromatic carbocycles. The summed E-state index contributed by atoms with van der Waals surface area (Å²) < 4.78 is 5.14. The van der Waals surface area contributed by atoms with Crippen molar-refractivity contribution in [3.63, 3.8) is 0 Å². The number of amides is 2. The minimum atomic E-state index is -0.358. The number of nitrogens with zero attached hydrogens (tertiary/aromatic N) is 3. The molecule has 2 aromatic heterocycles. The molecule has 1 aliphatic rings. The van der Waals surface area contributed by atoms with Crippen LogP contribution in [0.2, 0.25) is 0 Å². The van der Waals surface area contributed by atoms with Crippen molar-refractivity contribution in [2.24, 2.45) is 0 Å². The molecule has 1 aliphatic heterocycles. The largest absolute Gasteiger partial charge is 0.459 e. The molecule has 0 atom stereocenters. The Morgan fingerprint density at radius 2 is 1.88 bits per heavy atom. The molecule has 32 heavy (non-hydrogen) atoms. The first-order valence-electron chi connectivity index (χ1n) is 10.6. The summed E-state index contributed by atoms with van der Waals surface area (Å²) in [6.07, 6.45) is 3.23. The van der Waals surface area contributed by atoms with Crippen LogP contribution in [-0.4, -0.2) is 54.9 Å². The molecule has 0 radical (unpaired) electrons. The van der Waals surface area contributed by atoms with Crippen LogP contribution in [0, 0.1) is 6.92 Å². The molecular weight excluding hydrogens is 406 g/mol. The Hall–Kier alpha value is -3.65. The van der Waals surface area contributed by atoms with E-state index in [2.05, 4.69) is 32.5 Å². The van der Waals surface area contributed by atoms with Crippen LogP contribution in [0.5, 0.6) is 0 Å². The standard InChI is InChI=1S/C24H27N5O3/c1-17-7-8-18(15-20(17)27-24(31)21-6-4-14-32-21)23(30)26-16-19-5-3-9-25-22(19)29-12-10-28(2)11-13-29/h3-9,14-15H,10-13,16H2,1-2H3,(H,26,30)(H,27,31). The average molecular weight is 434 g/mol. The molecule has 1 saturated heterocycles. The third-order valence-electron chi connectivity index (χ3n) is 5.60. The maximum atomic E-state index is 12.8. The van der Waals surface area contributed by atoms with Gasteiger partial charge in [0.25, 0.3) is 11.8 Å². The topological polar surface area (TPSA) is 90.7 Å². The maximum absolute atomic E-state index is 12.8. The van der Waals surface area contributed by atoms with E-state index in [1.54, 1.807) is 30.5 Å². The summed E-state index contributed by atoms with van der Waals surface area (Å²) in [6, 6.07) is 12.4. The lowest BCUT2D eigenvalue weighted by Gasteiger charge is -2.34. The molecular formula is C24H27N5O3. The minimum absolute atomic E-state index is 0.215. The number of aromatic nitrogens is 1. The lowest BCUT2D eigenvalue weighted by molar-refractivity contribution is 0.0949. The molecule has 0 spiro atoms. The van der Waals surface area contributed by atoms with Gasteiger partial charge in [0.15, 0.2) is 5.76 Å². The second-order valence-electron chi connectivity index (χ2n) is 7.92. The number of nitrogens with one attached hydrogen (secondary N) is 2. The van der Waals surface area contributed by atoms with E-state index in [9.17, 15) is 9.59 Å². The van der Waals surface area contributed by atoms with Crippen molar-refractivity contribution in [1.29, 1.82) is 0 Å². The van der Waals surface area contributed by atoms with Crippen LogP contribution in [0.25, 0.3) is 0 Å². The number of furan rings is 1. The highest BCUT2D eigenvalue weighted by atomic mass is 16.3. The lowest BCUT2D eigenvalue weighted by atomic mass is 10.1. The minimum Gasteiger partial charge on any atom is -0.459 e. The van der Waals surface area contributed by atoms with Crippen molar-refractivity contribution >= 4 is 23.3 Å². The lowest BCUT2D eigenvalue weighted by Crippen LogP contribution is -2.45. The summed E-state index contributed by atoms with van der Waals surface area (Å²) in [7, 11) is 2.11. The van der Waals surface area contributed by atoms with Crippen molar-refractivity contribution < 1.29 is 14.0 Å². The smallest absolute Gasteiger partial charge is 0.291 e. The number of pyridine rings is 1. The molecule has 4 rings (SSSR count). The zero-order valence-corrected chi connectivity index (χ0v) is 18.3. The van der Waals surface area contributed by atoms with E-state index in [4.69, 9.17) is 4.42 Å². The average Bonchev–Trinajstić information content (AvgIpc) is 3.35. The van der Waals surface area contributed by atoms with Gasteiger partial charge in [0.05, 0.1) is 6.26 Å². The molecule has 1 fully saturated rings. The van der Waals surface area contributed by atoms with E-state index in [0.29, 0.717) is 17.8 Å². The van der Waals surface area contributed by atoms with Gasteiger partial charge in [-0.2, -0.15) is 0 Å². The van der Waals surface area contributed by atoms with Crippen molar-refractivity contribution in [1.82, 2.24) is 15.2 Å². The predicted molar refractivity (Wildman–Crippen MR) is 123 cm³/mol. The Kier molecular flexibility index (Phi) is 6.51. The first-order chi connectivity index (χ1) is 15.5. The van der Waals surface area contributed by atoms with E-state index in [-0.39, 0.29) is 17.6 Å². The number of benzene rings is 1. The number of carbonyl (C=O) groups excluding carboxylic acids is 2. The number of anilines is 2. The number of hydrogen-bond donors (Lipinski definition) is 2. The molecule has 8 nitrogen and oxygen atoms in total. The number of hydrogen-bond acceptors (Lipinski definition) is 6. The van der Waals surface area contributed by atoms with Crippen molar-refractivity contribution in [2.45, 2.75) is 13.5 Å². The zero-order valence-electron chi connectivity index (χ0n) is 18.3. The number of rotatable bonds is 6. The molecule has 2 N–H and O–H groups in total. The second kappa shape index (κ2) is 9.65. The first kappa shape index (κ1) is 21.6. The molecule has 0 aliphatic carbocycles. The van der Waals surface area contributed by atoms with Gasteiger partial charge < -0.3 is 24.9 Å². The van der Waals surface area contributed by atoms with Gasteiger partial charge in [-0.05, 0) is 49.9 Å². The molecule has 0 bridgehead atoms. The fourth-order valence-electron chi connectivity index (χ4n) is 3.64. The van der Waals surface area contributed by atoms with Crippen LogP contribution in [0.15, 0.2) is 59.3 Å². The van der Waals surface area contributed by atoms with Crippen LogP contribution in [0.1, 0.15) is 32.0 Å². The summed E-state index contributed by atoms with van der Waals surface area (Å²) in [4.78, 5) is 34.3. The van der Waals surface area contributed by atoms with Gasteiger partial charge in [-0.3, -0.25) is 9.59 Å². The molecule has 0 unspecified atom stereocenters. The number of likely N-dealkylation sites (N-methyl/N-ethyl adjacent to an activating group) is 1. The van der Waals surface area contributed by atoms with Gasteiger partial charge in [-0.15, -0.1) is 0 Å². The Bertz CT molecular complexity index is 1090. The second-order valence-corrected chi connectivity index (χ2v) is 7.92. The number of carbonyl (C=O) groups is 2. The quantitative estimate of drug-likeness (QED) is 0.621. The van der Waals surface area contributed by atoms with Crippen molar-refractivity contribution in [3.05, 3.63) is 77.4 Å². The van der Waals surface area contributed by atoms with Crippen LogP contribution >= 0.6 is 0 Å². The fourth-order valence-corrected chi connectivity index (χ4v) is 3.64. The van der Waals surface area contributed by atoms with Gasteiger partial charge in [0, 0.05) is 55.7 Å². The van der Waals surface area contributed by atoms with E-state index in [1.807, 2.05) is 25.1 Å². The van der Waals surface area contributed by atoms with Gasteiger partial charge >= 0.3 is 0 Å². The highest BCUT2D eigenvalue weighted by Gasteiger charge is 2.19. The monoisotopic (exact) mass is 433 g/mol. The van der Waals surface area contributed by atoms with Crippen LogP contribution in [0.4, 0.5) is 11.5 Å². The normalized spacial score (nSPS) is 14.2. The van der Waals surface area contributed by atoms with Crippen LogP contribution < -0.4 is 15.5 Å². The van der Waals surface area contributed by atoms with Gasteiger partial charge in [-0.25, -0.2) is 4.98 Å². The predicted octanol–water partition coefficient (Wildman–Crippen LogP) is 2.92. The maximum Gasteiger partial charge on any atom is 0.291 e. The van der Waals surface area contributed by atoms with Crippen LogP contribution in [0.3, 0.4) is 0 Å². The zero-order chi connectivity index (χ0) is 22.5. The summed E-state index contributed by atoms with van der Waals surface area (Å²) in [5.74, 6) is 0.554. The number of aryl methyl sites for hydroxylation is 1. The van der Waals surface area contributed by atoms with E-state index < -0.39 is 0 Å². The first-order valence-corrected chi connectivity index (χ1v) is 10.6. The van der Waals surface area contributed by atoms with Gasteiger partial charge in [0.2, 0.25) is 0 Å². The molecule has 3 heterocycles. The number of piperazine rings is 1. The van der Waals surface area contributed by atoms with Gasteiger partial charge in [0.1, 0.15) is 5.82 Å². The van der Waals surface area contributed by atoms with Crippen molar-refractivity contribution in [2.75, 3.05) is 43.4 Å². The Morgan fingerprint density at radius 3 is 2.62 bits per heavy atom. The highest BCUT2D eigenvalue weighted by molar-refractivity contribution is 6.03. The summed E-state index contributed by atoms with van der Waals surface area (Å²) in [5, 5.41) is 5.79. The summed E-state index contributed by atoms with van der Waals surface area (Å²) in [6.45, 7) is 6.03.